The molecule has 0 fully saturated rings. The SMILES string of the molecule is CCc1cccc(OCCN(CC)CC)c1.O=C(O)C(=O)O. The molecule has 0 spiro atoms. The Bertz CT molecular complexity index is 446. The highest BCUT2D eigenvalue weighted by atomic mass is 16.5. The molecule has 1 aromatic rings. The van der Waals surface area contributed by atoms with Crippen molar-refractivity contribution in [3.05, 3.63) is 29.8 Å². The summed E-state index contributed by atoms with van der Waals surface area (Å²) in [5, 5.41) is 14.8. The minimum absolute atomic E-state index is 0.773. The number of carboxylic acids is 2. The van der Waals surface area contributed by atoms with Crippen molar-refractivity contribution in [1.82, 2.24) is 4.90 Å². The van der Waals surface area contributed by atoms with Crippen molar-refractivity contribution in [2.75, 3.05) is 26.2 Å². The lowest BCUT2D eigenvalue weighted by molar-refractivity contribution is -0.159. The summed E-state index contributed by atoms with van der Waals surface area (Å²) in [6.45, 7) is 10.5. The molecular weight excluding hydrogens is 286 g/mol. The Hall–Kier alpha value is -2.08. The van der Waals surface area contributed by atoms with Gasteiger partial charge in [0.2, 0.25) is 0 Å². The summed E-state index contributed by atoms with van der Waals surface area (Å²) in [6, 6.07) is 8.35. The van der Waals surface area contributed by atoms with Crippen molar-refractivity contribution >= 4 is 11.9 Å². The zero-order valence-corrected chi connectivity index (χ0v) is 13.4. The van der Waals surface area contributed by atoms with Gasteiger partial charge in [0.15, 0.2) is 0 Å². The first kappa shape index (κ1) is 19.9. The van der Waals surface area contributed by atoms with Crippen LogP contribution in [0.2, 0.25) is 0 Å². The highest BCUT2D eigenvalue weighted by Gasteiger charge is 2.04. The monoisotopic (exact) mass is 311 g/mol. The van der Waals surface area contributed by atoms with Crippen LogP contribution in [0, 0.1) is 0 Å². The van der Waals surface area contributed by atoms with Crippen LogP contribution in [0.25, 0.3) is 0 Å². The summed E-state index contributed by atoms with van der Waals surface area (Å²) < 4.78 is 5.74. The first-order chi connectivity index (χ1) is 10.4. The molecule has 6 heteroatoms. The molecule has 0 aliphatic rings. The van der Waals surface area contributed by atoms with E-state index in [-0.39, 0.29) is 0 Å². The third-order valence-corrected chi connectivity index (χ3v) is 3.06. The summed E-state index contributed by atoms with van der Waals surface area (Å²) in [6.07, 6.45) is 1.06. The van der Waals surface area contributed by atoms with E-state index in [2.05, 4.69) is 43.9 Å². The van der Waals surface area contributed by atoms with Gasteiger partial charge in [-0.2, -0.15) is 0 Å². The number of rotatable bonds is 7. The molecule has 0 aliphatic carbocycles. The lowest BCUT2D eigenvalue weighted by Crippen LogP contribution is -2.27. The molecule has 0 amide bonds. The van der Waals surface area contributed by atoms with Gasteiger partial charge in [-0.05, 0) is 37.2 Å². The molecule has 0 atom stereocenters. The normalized spacial score (nSPS) is 9.82. The molecule has 22 heavy (non-hydrogen) atoms. The third-order valence-electron chi connectivity index (χ3n) is 3.06. The molecule has 0 bridgehead atoms. The second-order valence-electron chi connectivity index (χ2n) is 4.49. The second kappa shape index (κ2) is 11.6. The van der Waals surface area contributed by atoms with E-state index >= 15 is 0 Å². The lowest BCUT2D eigenvalue weighted by Gasteiger charge is -2.18. The molecule has 1 rings (SSSR count). The van der Waals surface area contributed by atoms with Crippen LogP contribution in [0.15, 0.2) is 24.3 Å². The molecule has 0 saturated carbocycles. The number of ether oxygens (including phenoxy) is 1. The van der Waals surface area contributed by atoms with Crippen LogP contribution in [-0.4, -0.2) is 53.3 Å². The number of aryl methyl sites for hydroxylation is 1. The molecule has 124 valence electrons. The third kappa shape index (κ3) is 8.97. The second-order valence-corrected chi connectivity index (χ2v) is 4.49. The molecule has 6 nitrogen and oxygen atoms in total. The van der Waals surface area contributed by atoms with Gasteiger partial charge in [-0.25, -0.2) is 9.59 Å². The predicted octanol–water partition coefficient (Wildman–Crippen LogP) is 2.13. The smallest absolute Gasteiger partial charge is 0.414 e. The van der Waals surface area contributed by atoms with Crippen molar-refractivity contribution in [2.24, 2.45) is 0 Å². The number of aliphatic carboxylic acids is 2. The van der Waals surface area contributed by atoms with Gasteiger partial charge in [0.25, 0.3) is 0 Å². The Morgan fingerprint density at radius 3 is 2.14 bits per heavy atom. The fourth-order valence-corrected chi connectivity index (χ4v) is 1.69. The van der Waals surface area contributed by atoms with Crippen molar-refractivity contribution in [1.29, 1.82) is 0 Å². The van der Waals surface area contributed by atoms with E-state index in [0.29, 0.717) is 0 Å². The van der Waals surface area contributed by atoms with E-state index in [1.54, 1.807) is 0 Å². The standard InChI is InChI=1S/C14H23NO.C2H2O4/c1-4-13-8-7-9-14(12-13)16-11-10-15(5-2)6-3;3-1(4)2(5)6/h7-9,12H,4-6,10-11H2,1-3H3;(H,3,4)(H,5,6). The van der Waals surface area contributed by atoms with E-state index in [9.17, 15) is 0 Å². The summed E-state index contributed by atoms with van der Waals surface area (Å²) in [4.78, 5) is 20.6. The largest absolute Gasteiger partial charge is 0.492 e. The van der Waals surface area contributed by atoms with Crippen molar-refractivity contribution in [2.45, 2.75) is 27.2 Å². The van der Waals surface area contributed by atoms with Gasteiger partial charge < -0.3 is 19.8 Å². The van der Waals surface area contributed by atoms with E-state index in [0.717, 1.165) is 38.4 Å². The fraction of sp³-hybridized carbons (Fsp3) is 0.500. The van der Waals surface area contributed by atoms with E-state index in [4.69, 9.17) is 24.5 Å². The summed E-state index contributed by atoms with van der Waals surface area (Å²) in [5.74, 6) is -2.66. The Morgan fingerprint density at radius 1 is 1.09 bits per heavy atom. The number of benzene rings is 1. The molecule has 0 heterocycles. The van der Waals surface area contributed by atoms with E-state index in [1.807, 2.05) is 6.07 Å². The van der Waals surface area contributed by atoms with Gasteiger partial charge in [0.1, 0.15) is 12.4 Å². The minimum atomic E-state index is -1.82. The number of hydrogen-bond donors (Lipinski definition) is 2. The van der Waals surface area contributed by atoms with Crippen LogP contribution in [0.1, 0.15) is 26.3 Å². The zero-order valence-electron chi connectivity index (χ0n) is 13.4. The van der Waals surface area contributed by atoms with Gasteiger partial charge in [-0.15, -0.1) is 0 Å². The van der Waals surface area contributed by atoms with Crippen molar-refractivity contribution in [3.8, 4) is 5.75 Å². The summed E-state index contributed by atoms with van der Waals surface area (Å²) in [7, 11) is 0. The van der Waals surface area contributed by atoms with Crippen LogP contribution in [0.3, 0.4) is 0 Å². The lowest BCUT2D eigenvalue weighted by atomic mass is 10.2. The molecular formula is C16H25NO5. The number of hydrogen-bond acceptors (Lipinski definition) is 4. The van der Waals surface area contributed by atoms with E-state index in [1.165, 1.54) is 5.56 Å². The average molecular weight is 311 g/mol. The van der Waals surface area contributed by atoms with Gasteiger partial charge in [-0.3, -0.25) is 0 Å². The molecule has 2 N–H and O–H groups in total. The maximum absolute atomic E-state index is 9.10. The molecule has 1 aromatic carbocycles. The summed E-state index contributed by atoms with van der Waals surface area (Å²) in [5.41, 5.74) is 1.33. The van der Waals surface area contributed by atoms with Crippen LogP contribution in [0.4, 0.5) is 0 Å². The van der Waals surface area contributed by atoms with Gasteiger partial charge >= 0.3 is 11.9 Å². The van der Waals surface area contributed by atoms with Crippen molar-refractivity contribution in [3.63, 3.8) is 0 Å². The Balaban J connectivity index is 0.000000626. The molecule has 0 unspecified atom stereocenters. The van der Waals surface area contributed by atoms with Crippen LogP contribution in [-0.2, 0) is 16.0 Å². The zero-order chi connectivity index (χ0) is 17.0. The van der Waals surface area contributed by atoms with E-state index < -0.39 is 11.9 Å². The van der Waals surface area contributed by atoms with Crippen LogP contribution >= 0.6 is 0 Å². The Labute approximate surface area is 131 Å². The Morgan fingerprint density at radius 2 is 1.68 bits per heavy atom. The topological polar surface area (TPSA) is 87.1 Å². The molecule has 0 radical (unpaired) electrons. The van der Waals surface area contributed by atoms with Gasteiger partial charge in [-0.1, -0.05) is 32.9 Å². The number of nitrogens with zero attached hydrogens (tertiary/aromatic N) is 1. The quantitative estimate of drug-likeness (QED) is 0.750. The maximum Gasteiger partial charge on any atom is 0.414 e. The maximum atomic E-state index is 9.10. The number of likely N-dealkylation sites (N-methyl/N-ethyl adjacent to an activating group) is 1. The highest BCUT2D eigenvalue weighted by molar-refractivity contribution is 6.27. The average Bonchev–Trinajstić information content (AvgIpc) is 2.52. The predicted molar refractivity (Wildman–Crippen MR) is 84.4 cm³/mol. The Kier molecular flexibility index (Phi) is 10.5. The first-order valence-electron chi connectivity index (χ1n) is 7.34. The molecule has 0 saturated heterocycles. The van der Waals surface area contributed by atoms with Gasteiger partial charge in [0.05, 0.1) is 0 Å². The summed E-state index contributed by atoms with van der Waals surface area (Å²) >= 11 is 0. The van der Waals surface area contributed by atoms with Gasteiger partial charge in [0, 0.05) is 6.54 Å². The highest BCUT2D eigenvalue weighted by Crippen LogP contribution is 2.13. The van der Waals surface area contributed by atoms with Crippen molar-refractivity contribution < 1.29 is 24.5 Å². The number of carboxylic acid groups (broad SMARTS) is 2. The first-order valence-corrected chi connectivity index (χ1v) is 7.34. The fourth-order valence-electron chi connectivity index (χ4n) is 1.69. The number of carbonyl (C=O) groups is 2. The molecule has 0 aromatic heterocycles. The van der Waals surface area contributed by atoms with Crippen LogP contribution < -0.4 is 4.74 Å². The van der Waals surface area contributed by atoms with Crippen LogP contribution in [0.5, 0.6) is 5.75 Å². The minimum Gasteiger partial charge on any atom is -0.492 e. The molecule has 0 aliphatic heterocycles.